The van der Waals surface area contributed by atoms with Gasteiger partial charge in [-0.15, -0.1) is 0 Å². The van der Waals surface area contributed by atoms with E-state index in [0.29, 0.717) is 17.2 Å². The number of para-hydroxylation sites is 1. The van der Waals surface area contributed by atoms with E-state index in [2.05, 4.69) is 15.3 Å². The van der Waals surface area contributed by atoms with E-state index in [-0.39, 0.29) is 12.3 Å². The fraction of sp³-hybridized carbons (Fsp3) is 0.278. The van der Waals surface area contributed by atoms with Crippen LogP contribution in [-0.2, 0) is 14.3 Å². The zero-order chi connectivity index (χ0) is 19.1. The maximum atomic E-state index is 12.2. The van der Waals surface area contributed by atoms with Gasteiger partial charge in [0.05, 0.1) is 5.69 Å². The van der Waals surface area contributed by atoms with Gasteiger partial charge in [0.1, 0.15) is 6.54 Å². The van der Waals surface area contributed by atoms with Gasteiger partial charge in [0, 0.05) is 25.0 Å². The second-order valence-electron chi connectivity index (χ2n) is 5.63. The second-order valence-corrected chi connectivity index (χ2v) is 5.63. The number of rotatable bonds is 7. The predicted molar refractivity (Wildman–Crippen MR) is 95.9 cm³/mol. The Bertz CT molecular complexity index is 795. The number of ketones is 1. The van der Waals surface area contributed by atoms with Crippen LogP contribution in [0.5, 0.6) is 0 Å². The molecular formula is C18H20N4O4. The quantitative estimate of drug-likeness (QED) is 0.595. The number of benzene rings is 1. The highest BCUT2D eigenvalue weighted by atomic mass is 16.5. The van der Waals surface area contributed by atoms with Crippen molar-refractivity contribution in [3.05, 3.63) is 48.3 Å². The van der Waals surface area contributed by atoms with Crippen LogP contribution >= 0.6 is 0 Å². The summed E-state index contributed by atoms with van der Waals surface area (Å²) in [5, 5.41) is 2.61. The molecule has 0 bridgehead atoms. The molecule has 1 unspecified atom stereocenters. The van der Waals surface area contributed by atoms with Crippen LogP contribution in [0.1, 0.15) is 24.2 Å². The van der Waals surface area contributed by atoms with Crippen LogP contribution < -0.4 is 10.2 Å². The molecule has 0 aliphatic carbocycles. The number of hydrogen-bond donors (Lipinski definition) is 1. The Morgan fingerprint density at radius 3 is 2.46 bits per heavy atom. The van der Waals surface area contributed by atoms with Crippen LogP contribution in [0.2, 0.25) is 0 Å². The summed E-state index contributed by atoms with van der Waals surface area (Å²) in [6.45, 7) is 2.77. The normalized spacial score (nSPS) is 11.3. The molecule has 26 heavy (non-hydrogen) atoms. The van der Waals surface area contributed by atoms with Crippen molar-refractivity contribution >= 4 is 29.3 Å². The number of nitrogens with zero attached hydrogens (tertiary/aromatic N) is 3. The van der Waals surface area contributed by atoms with Gasteiger partial charge in [0.2, 0.25) is 5.95 Å². The van der Waals surface area contributed by atoms with E-state index in [1.165, 1.54) is 18.7 Å². The van der Waals surface area contributed by atoms with Crippen LogP contribution in [-0.4, -0.2) is 47.3 Å². The van der Waals surface area contributed by atoms with Crippen molar-refractivity contribution in [1.82, 2.24) is 9.97 Å². The van der Waals surface area contributed by atoms with Gasteiger partial charge in [-0.25, -0.2) is 9.97 Å². The van der Waals surface area contributed by atoms with Gasteiger partial charge in [-0.1, -0.05) is 12.1 Å². The van der Waals surface area contributed by atoms with E-state index in [1.807, 2.05) is 0 Å². The summed E-state index contributed by atoms with van der Waals surface area (Å²) in [6, 6.07) is 8.30. The average Bonchev–Trinajstić information content (AvgIpc) is 2.62. The SMILES string of the molecule is CC(=O)c1ccccc1NC(=O)C(C)OC(=O)CN(C)c1ncccn1. The highest BCUT2D eigenvalue weighted by Crippen LogP contribution is 2.16. The molecule has 0 aliphatic heterocycles. The first-order chi connectivity index (χ1) is 12.4. The number of Topliss-reactive ketones (excluding diaryl/α,β-unsaturated/α-hetero) is 1. The van der Waals surface area contributed by atoms with Gasteiger partial charge >= 0.3 is 5.97 Å². The minimum Gasteiger partial charge on any atom is -0.451 e. The topological polar surface area (TPSA) is 101 Å². The summed E-state index contributed by atoms with van der Waals surface area (Å²) >= 11 is 0. The molecule has 0 spiro atoms. The van der Waals surface area contributed by atoms with Gasteiger partial charge < -0.3 is 15.0 Å². The van der Waals surface area contributed by atoms with Crippen LogP contribution in [0, 0.1) is 0 Å². The molecule has 1 heterocycles. The minimum absolute atomic E-state index is 0.105. The number of aromatic nitrogens is 2. The lowest BCUT2D eigenvalue weighted by Crippen LogP contribution is -2.35. The van der Waals surface area contributed by atoms with E-state index in [0.717, 1.165) is 0 Å². The van der Waals surface area contributed by atoms with Crippen LogP contribution in [0.25, 0.3) is 0 Å². The summed E-state index contributed by atoms with van der Waals surface area (Å²) in [4.78, 5) is 45.4. The molecule has 0 saturated heterocycles. The van der Waals surface area contributed by atoms with Crippen molar-refractivity contribution in [3.8, 4) is 0 Å². The maximum Gasteiger partial charge on any atom is 0.326 e. The Morgan fingerprint density at radius 1 is 1.15 bits per heavy atom. The maximum absolute atomic E-state index is 12.2. The number of esters is 1. The predicted octanol–water partition coefficient (Wildman–Crippen LogP) is 1.69. The molecule has 1 atom stereocenters. The number of carbonyl (C=O) groups is 3. The number of likely N-dealkylation sites (N-methyl/N-ethyl adjacent to an activating group) is 1. The molecule has 1 N–H and O–H groups in total. The number of nitrogens with one attached hydrogen (secondary N) is 1. The fourth-order valence-corrected chi connectivity index (χ4v) is 2.17. The van der Waals surface area contributed by atoms with Crippen molar-refractivity contribution in [2.24, 2.45) is 0 Å². The van der Waals surface area contributed by atoms with Crippen LogP contribution in [0.4, 0.5) is 11.6 Å². The van der Waals surface area contributed by atoms with Gasteiger partial charge in [-0.3, -0.25) is 14.4 Å². The second kappa shape index (κ2) is 8.70. The first-order valence-electron chi connectivity index (χ1n) is 7.97. The number of anilines is 2. The molecule has 1 amide bonds. The standard InChI is InChI=1S/C18H20N4O4/c1-12(23)14-7-4-5-8-15(14)21-17(25)13(2)26-16(24)11-22(3)18-19-9-6-10-20-18/h4-10,13H,11H2,1-3H3,(H,21,25). The van der Waals surface area contributed by atoms with E-state index in [9.17, 15) is 14.4 Å². The molecule has 0 saturated carbocycles. The van der Waals surface area contributed by atoms with Crippen LogP contribution in [0.3, 0.4) is 0 Å². The van der Waals surface area contributed by atoms with Crippen molar-refractivity contribution in [1.29, 1.82) is 0 Å². The summed E-state index contributed by atoms with van der Waals surface area (Å²) in [6.07, 6.45) is 2.10. The minimum atomic E-state index is -1.02. The molecule has 8 heteroatoms. The molecule has 136 valence electrons. The molecule has 1 aromatic carbocycles. The summed E-state index contributed by atoms with van der Waals surface area (Å²) in [7, 11) is 1.64. The summed E-state index contributed by atoms with van der Waals surface area (Å²) in [5.74, 6) is -0.917. The third-order valence-electron chi connectivity index (χ3n) is 3.50. The van der Waals surface area contributed by atoms with E-state index < -0.39 is 18.0 Å². The van der Waals surface area contributed by atoms with Crippen molar-refractivity contribution in [2.75, 3.05) is 23.8 Å². The Balaban J connectivity index is 1.92. The lowest BCUT2D eigenvalue weighted by atomic mass is 10.1. The highest BCUT2D eigenvalue weighted by Gasteiger charge is 2.20. The monoisotopic (exact) mass is 356 g/mol. The first-order valence-corrected chi connectivity index (χ1v) is 7.97. The van der Waals surface area contributed by atoms with Crippen molar-refractivity contribution in [2.45, 2.75) is 20.0 Å². The largest absolute Gasteiger partial charge is 0.451 e. The van der Waals surface area contributed by atoms with Crippen molar-refractivity contribution in [3.63, 3.8) is 0 Å². The van der Waals surface area contributed by atoms with E-state index >= 15 is 0 Å². The van der Waals surface area contributed by atoms with Crippen molar-refractivity contribution < 1.29 is 19.1 Å². The number of hydrogen-bond acceptors (Lipinski definition) is 7. The molecule has 2 rings (SSSR count). The van der Waals surface area contributed by atoms with Gasteiger partial charge in [0.15, 0.2) is 11.9 Å². The lowest BCUT2D eigenvalue weighted by Gasteiger charge is -2.18. The molecule has 0 radical (unpaired) electrons. The van der Waals surface area contributed by atoms with Gasteiger partial charge in [-0.05, 0) is 32.0 Å². The van der Waals surface area contributed by atoms with Gasteiger partial charge in [-0.2, -0.15) is 0 Å². The number of carbonyl (C=O) groups excluding carboxylic acids is 3. The smallest absolute Gasteiger partial charge is 0.326 e. The Hall–Kier alpha value is -3.29. The average molecular weight is 356 g/mol. The molecule has 1 aromatic heterocycles. The Labute approximate surface area is 151 Å². The molecule has 0 aliphatic rings. The molecular weight excluding hydrogens is 336 g/mol. The van der Waals surface area contributed by atoms with E-state index in [4.69, 9.17) is 4.74 Å². The van der Waals surface area contributed by atoms with Crippen LogP contribution in [0.15, 0.2) is 42.7 Å². The summed E-state index contributed by atoms with van der Waals surface area (Å²) < 4.78 is 5.14. The Morgan fingerprint density at radius 2 is 1.81 bits per heavy atom. The zero-order valence-electron chi connectivity index (χ0n) is 14.8. The highest BCUT2D eigenvalue weighted by molar-refractivity contribution is 6.04. The fourth-order valence-electron chi connectivity index (χ4n) is 2.17. The molecule has 2 aromatic rings. The summed E-state index contributed by atoms with van der Waals surface area (Å²) in [5.41, 5.74) is 0.767. The van der Waals surface area contributed by atoms with E-state index in [1.54, 1.807) is 49.8 Å². The third kappa shape index (κ3) is 5.10. The first kappa shape index (κ1) is 19.0. The van der Waals surface area contributed by atoms with Gasteiger partial charge in [0.25, 0.3) is 5.91 Å². The third-order valence-corrected chi connectivity index (χ3v) is 3.50. The number of amides is 1. The Kier molecular flexibility index (Phi) is 6.37. The lowest BCUT2D eigenvalue weighted by molar-refractivity contribution is -0.151. The molecule has 8 nitrogen and oxygen atoms in total. The molecule has 0 fully saturated rings. The number of ether oxygens (including phenoxy) is 1. The zero-order valence-corrected chi connectivity index (χ0v) is 14.8.